The highest BCUT2D eigenvalue weighted by Crippen LogP contribution is 2.43. The van der Waals surface area contributed by atoms with Crippen molar-refractivity contribution in [3.63, 3.8) is 0 Å². The third kappa shape index (κ3) is 2.14. The molecule has 4 heteroatoms. The van der Waals surface area contributed by atoms with E-state index in [1.165, 1.54) is 23.8 Å². The summed E-state index contributed by atoms with van der Waals surface area (Å²) in [5, 5.41) is 4.35. The molecule has 0 amide bonds. The molecule has 98 valence electrons. The molecule has 1 N–H and O–H groups in total. The molecular weight excluding hydrogens is 240 g/mol. The molecule has 2 aliphatic rings. The fraction of sp³-hybridized carbons (Fsp3) is 0.333. The third-order valence-corrected chi connectivity index (χ3v) is 3.52. The minimum atomic E-state index is -0.253. The predicted octanol–water partition coefficient (Wildman–Crippen LogP) is 2.89. The zero-order chi connectivity index (χ0) is 13.4. The first-order chi connectivity index (χ1) is 9.20. The molecule has 0 saturated heterocycles. The molecule has 0 radical (unpaired) electrons. The van der Waals surface area contributed by atoms with Crippen LogP contribution in [0.3, 0.4) is 0 Å². The average Bonchev–Trinajstić information content (AvgIpc) is 3.23. The van der Waals surface area contributed by atoms with Crippen LogP contribution in [0.4, 0.5) is 5.69 Å². The summed E-state index contributed by atoms with van der Waals surface area (Å²) in [6.45, 7) is 2.09. The SMILES string of the molecule is COC(=O)CC1=NNc2cccc(C)c2C1=C1CC1. The number of hydrazone groups is 1. The summed E-state index contributed by atoms with van der Waals surface area (Å²) in [6, 6.07) is 6.12. The number of allylic oxidation sites excluding steroid dienone is 2. The second kappa shape index (κ2) is 4.53. The Morgan fingerprint density at radius 1 is 1.42 bits per heavy atom. The molecule has 0 bridgehead atoms. The lowest BCUT2D eigenvalue weighted by Gasteiger charge is -2.22. The Hall–Kier alpha value is -2.10. The van der Waals surface area contributed by atoms with Crippen molar-refractivity contribution in [1.29, 1.82) is 0 Å². The van der Waals surface area contributed by atoms with Crippen LogP contribution in [0.1, 0.15) is 30.4 Å². The summed E-state index contributed by atoms with van der Waals surface area (Å²) >= 11 is 0. The minimum absolute atomic E-state index is 0.218. The molecular formula is C15H16N2O2. The highest BCUT2D eigenvalue weighted by atomic mass is 16.5. The van der Waals surface area contributed by atoms with Crippen molar-refractivity contribution in [3.8, 4) is 0 Å². The van der Waals surface area contributed by atoms with Gasteiger partial charge < -0.3 is 4.74 Å². The van der Waals surface area contributed by atoms with Crippen molar-refractivity contribution < 1.29 is 9.53 Å². The molecule has 4 nitrogen and oxygen atoms in total. The topological polar surface area (TPSA) is 50.7 Å². The summed E-state index contributed by atoms with van der Waals surface area (Å²) in [5.74, 6) is -0.253. The number of rotatable bonds is 2. The second-order valence-corrected chi connectivity index (χ2v) is 4.90. The number of nitrogens with zero attached hydrogens (tertiary/aromatic N) is 1. The van der Waals surface area contributed by atoms with E-state index < -0.39 is 0 Å². The van der Waals surface area contributed by atoms with Gasteiger partial charge in [-0.2, -0.15) is 5.10 Å². The molecule has 0 spiro atoms. The van der Waals surface area contributed by atoms with Crippen LogP contribution in [-0.4, -0.2) is 18.8 Å². The second-order valence-electron chi connectivity index (χ2n) is 4.90. The van der Waals surface area contributed by atoms with Gasteiger partial charge in [-0.15, -0.1) is 0 Å². The zero-order valence-corrected chi connectivity index (χ0v) is 11.1. The molecule has 1 aliphatic carbocycles. The number of methoxy groups -OCH3 is 1. The maximum Gasteiger partial charge on any atom is 0.311 e. The Morgan fingerprint density at radius 2 is 2.21 bits per heavy atom. The first-order valence-electron chi connectivity index (χ1n) is 6.42. The Balaban J connectivity index is 2.06. The standard InChI is InChI=1S/C15H16N2O2/c1-9-4-3-5-11-14(9)15(10-6-7-10)12(17-16-11)8-13(18)19-2/h3-5,16H,6-8H2,1-2H3. The van der Waals surface area contributed by atoms with Gasteiger partial charge in [-0.1, -0.05) is 17.7 Å². The molecule has 1 aromatic carbocycles. The fourth-order valence-corrected chi connectivity index (χ4v) is 2.45. The Bertz CT molecular complexity index is 609. The van der Waals surface area contributed by atoms with Crippen LogP contribution >= 0.6 is 0 Å². The number of ether oxygens (including phenoxy) is 1. The Labute approximate surface area is 112 Å². The van der Waals surface area contributed by atoms with E-state index in [4.69, 9.17) is 4.74 Å². The number of hydrogen-bond donors (Lipinski definition) is 1. The van der Waals surface area contributed by atoms with Gasteiger partial charge in [0.25, 0.3) is 0 Å². The van der Waals surface area contributed by atoms with Gasteiger partial charge in [-0.3, -0.25) is 10.2 Å². The first-order valence-corrected chi connectivity index (χ1v) is 6.42. The third-order valence-electron chi connectivity index (χ3n) is 3.52. The molecule has 0 atom stereocenters. The van der Waals surface area contributed by atoms with Gasteiger partial charge in [-0.05, 0) is 31.4 Å². The normalized spacial score (nSPS) is 16.4. The molecule has 19 heavy (non-hydrogen) atoms. The summed E-state index contributed by atoms with van der Waals surface area (Å²) in [6.07, 6.45) is 2.42. The largest absolute Gasteiger partial charge is 0.469 e. The molecule has 0 aromatic heterocycles. The van der Waals surface area contributed by atoms with Crippen LogP contribution in [0.15, 0.2) is 28.9 Å². The molecule has 3 rings (SSSR count). The molecule has 1 saturated carbocycles. The van der Waals surface area contributed by atoms with E-state index in [0.717, 1.165) is 29.8 Å². The van der Waals surface area contributed by atoms with Crippen LogP contribution in [0.25, 0.3) is 5.57 Å². The monoisotopic (exact) mass is 256 g/mol. The van der Waals surface area contributed by atoms with Crippen LogP contribution in [0, 0.1) is 6.92 Å². The summed E-state index contributed by atoms with van der Waals surface area (Å²) < 4.78 is 4.75. The van der Waals surface area contributed by atoms with Gasteiger partial charge >= 0.3 is 5.97 Å². The number of aryl methyl sites for hydroxylation is 1. The van der Waals surface area contributed by atoms with Gasteiger partial charge in [-0.25, -0.2) is 0 Å². The predicted molar refractivity (Wildman–Crippen MR) is 75.0 cm³/mol. The highest BCUT2D eigenvalue weighted by molar-refractivity contribution is 6.31. The molecule has 1 aliphatic heterocycles. The molecule has 1 fully saturated rings. The number of hydrogen-bond acceptors (Lipinski definition) is 4. The zero-order valence-electron chi connectivity index (χ0n) is 11.1. The number of carbonyl (C=O) groups excluding carboxylic acids is 1. The number of benzene rings is 1. The maximum absolute atomic E-state index is 11.5. The van der Waals surface area contributed by atoms with E-state index >= 15 is 0 Å². The fourth-order valence-electron chi connectivity index (χ4n) is 2.45. The first kappa shape index (κ1) is 12.0. The lowest BCUT2D eigenvalue weighted by molar-refractivity contribution is -0.139. The van der Waals surface area contributed by atoms with E-state index in [9.17, 15) is 4.79 Å². The van der Waals surface area contributed by atoms with Gasteiger partial charge in [0.1, 0.15) is 0 Å². The van der Waals surface area contributed by atoms with Crippen molar-refractivity contribution in [3.05, 3.63) is 34.9 Å². The van der Waals surface area contributed by atoms with E-state index in [0.29, 0.717) is 0 Å². The van der Waals surface area contributed by atoms with Crippen LogP contribution in [0.5, 0.6) is 0 Å². The molecule has 0 unspecified atom stereocenters. The van der Waals surface area contributed by atoms with Crippen molar-refractivity contribution in [2.75, 3.05) is 12.5 Å². The van der Waals surface area contributed by atoms with Crippen LogP contribution in [-0.2, 0) is 9.53 Å². The summed E-state index contributed by atoms with van der Waals surface area (Å²) in [4.78, 5) is 11.5. The van der Waals surface area contributed by atoms with Gasteiger partial charge in [0.15, 0.2) is 0 Å². The van der Waals surface area contributed by atoms with E-state index in [2.05, 4.69) is 23.5 Å². The quantitative estimate of drug-likeness (QED) is 0.828. The maximum atomic E-state index is 11.5. The lowest BCUT2D eigenvalue weighted by atomic mass is 9.91. The smallest absolute Gasteiger partial charge is 0.311 e. The van der Waals surface area contributed by atoms with Gasteiger partial charge in [0.2, 0.25) is 0 Å². The van der Waals surface area contributed by atoms with E-state index in [-0.39, 0.29) is 12.4 Å². The number of anilines is 1. The number of esters is 1. The van der Waals surface area contributed by atoms with Crippen LogP contribution < -0.4 is 5.43 Å². The van der Waals surface area contributed by atoms with Crippen LogP contribution in [0.2, 0.25) is 0 Å². The van der Waals surface area contributed by atoms with Gasteiger partial charge in [0, 0.05) is 11.1 Å². The lowest BCUT2D eigenvalue weighted by Crippen LogP contribution is -2.18. The van der Waals surface area contributed by atoms with Crippen molar-refractivity contribution in [2.45, 2.75) is 26.2 Å². The summed E-state index contributed by atoms with van der Waals surface area (Å²) in [7, 11) is 1.41. The van der Waals surface area contributed by atoms with Crippen molar-refractivity contribution in [1.82, 2.24) is 0 Å². The Kier molecular flexibility index (Phi) is 2.85. The Morgan fingerprint density at radius 3 is 2.89 bits per heavy atom. The number of fused-ring (bicyclic) bond motifs is 1. The molecule has 1 heterocycles. The van der Waals surface area contributed by atoms with Gasteiger partial charge in [0.05, 0.1) is 24.9 Å². The number of carbonyl (C=O) groups is 1. The summed E-state index contributed by atoms with van der Waals surface area (Å²) in [5.41, 5.74) is 9.78. The molecule has 1 aromatic rings. The van der Waals surface area contributed by atoms with Crippen molar-refractivity contribution >= 4 is 22.9 Å². The number of nitrogens with one attached hydrogen (secondary N) is 1. The van der Waals surface area contributed by atoms with E-state index in [1.54, 1.807) is 0 Å². The van der Waals surface area contributed by atoms with E-state index in [1.807, 2.05) is 12.1 Å². The average molecular weight is 256 g/mol. The van der Waals surface area contributed by atoms with Crippen molar-refractivity contribution in [2.24, 2.45) is 5.10 Å². The highest BCUT2D eigenvalue weighted by Gasteiger charge is 2.29. The minimum Gasteiger partial charge on any atom is -0.469 e.